The lowest BCUT2D eigenvalue weighted by Gasteiger charge is -2.17. The van der Waals surface area contributed by atoms with Crippen LogP contribution in [0.25, 0.3) is 0 Å². The van der Waals surface area contributed by atoms with Crippen molar-refractivity contribution in [3.8, 4) is 5.88 Å². The molecule has 1 heterocycles. The maximum Gasteiger partial charge on any atom is 0.219 e. The smallest absolute Gasteiger partial charge is 0.219 e. The minimum atomic E-state index is 0.269. The van der Waals surface area contributed by atoms with Gasteiger partial charge in [-0.25, -0.2) is 4.98 Å². The van der Waals surface area contributed by atoms with E-state index < -0.39 is 0 Å². The van der Waals surface area contributed by atoms with Gasteiger partial charge in [0.2, 0.25) is 5.88 Å². The van der Waals surface area contributed by atoms with E-state index in [1.165, 1.54) is 25.7 Å². The summed E-state index contributed by atoms with van der Waals surface area (Å²) >= 11 is 0. The van der Waals surface area contributed by atoms with Gasteiger partial charge in [-0.15, -0.1) is 0 Å². The molecule has 0 atom stereocenters. The van der Waals surface area contributed by atoms with Crippen molar-refractivity contribution in [1.82, 2.24) is 9.97 Å². The molecular weight excluding hydrogens is 226 g/mol. The fourth-order valence-corrected chi connectivity index (χ4v) is 2.31. The second-order valence-corrected chi connectivity index (χ2v) is 5.38. The number of anilines is 1. The van der Waals surface area contributed by atoms with Crippen LogP contribution in [0.2, 0.25) is 0 Å². The summed E-state index contributed by atoms with van der Waals surface area (Å²) in [5.41, 5.74) is 5.80. The van der Waals surface area contributed by atoms with Crippen LogP contribution in [-0.4, -0.2) is 16.1 Å². The predicted octanol–water partition coefficient (Wildman–Crippen LogP) is 3.28. The van der Waals surface area contributed by atoms with Gasteiger partial charge in [-0.3, -0.25) is 0 Å². The SMILES string of the molecule is CC(C)c1nc(N)cc(OC2CCCCCC2)n1. The second kappa shape index (κ2) is 6.03. The maximum absolute atomic E-state index is 5.98. The highest BCUT2D eigenvalue weighted by molar-refractivity contribution is 5.33. The molecule has 2 rings (SSSR count). The molecule has 0 saturated heterocycles. The Bertz CT molecular complexity index is 385. The highest BCUT2D eigenvalue weighted by Gasteiger charge is 2.15. The zero-order chi connectivity index (χ0) is 13.0. The van der Waals surface area contributed by atoms with Gasteiger partial charge in [0, 0.05) is 12.0 Å². The molecule has 2 N–H and O–H groups in total. The summed E-state index contributed by atoms with van der Waals surface area (Å²) in [6.45, 7) is 4.12. The average Bonchev–Trinajstić information content (AvgIpc) is 2.57. The van der Waals surface area contributed by atoms with Crippen LogP contribution in [0.4, 0.5) is 5.82 Å². The van der Waals surface area contributed by atoms with E-state index in [1.807, 2.05) is 0 Å². The number of aromatic nitrogens is 2. The Morgan fingerprint density at radius 1 is 1.17 bits per heavy atom. The summed E-state index contributed by atoms with van der Waals surface area (Å²) in [5.74, 6) is 2.17. The molecule has 1 aromatic heterocycles. The Hall–Kier alpha value is -1.32. The second-order valence-electron chi connectivity index (χ2n) is 5.38. The molecule has 1 fully saturated rings. The summed E-state index contributed by atoms with van der Waals surface area (Å²) in [6.07, 6.45) is 7.69. The van der Waals surface area contributed by atoms with Crippen molar-refractivity contribution in [2.45, 2.75) is 64.4 Å². The Morgan fingerprint density at radius 3 is 2.44 bits per heavy atom. The van der Waals surface area contributed by atoms with E-state index in [4.69, 9.17) is 10.5 Å². The Balaban J connectivity index is 2.07. The molecule has 1 aliphatic rings. The number of hydrogen-bond donors (Lipinski definition) is 1. The number of ether oxygens (including phenoxy) is 1. The van der Waals surface area contributed by atoms with Gasteiger partial charge in [0.15, 0.2) is 0 Å². The summed E-state index contributed by atoms with van der Waals surface area (Å²) in [4.78, 5) is 8.68. The molecule has 0 radical (unpaired) electrons. The molecule has 0 amide bonds. The van der Waals surface area contributed by atoms with Crippen molar-refractivity contribution in [2.24, 2.45) is 0 Å². The largest absolute Gasteiger partial charge is 0.474 e. The first-order valence-electron chi connectivity index (χ1n) is 6.96. The van der Waals surface area contributed by atoms with Crippen LogP contribution in [0.15, 0.2) is 6.07 Å². The Morgan fingerprint density at radius 2 is 1.83 bits per heavy atom. The number of nitrogens with zero attached hydrogens (tertiary/aromatic N) is 2. The van der Waals surface area contributed by atoms with Crippen molar-refractivity contribution >= 4 is 5.82 Å². The predicted molar refractivity (Wildman–Crippen MR) is 72.7 cm³/mol. The maximum atomic E-state index is 5.98. The van der Waals surface area contributed by atoms with Crippen molar-refractivity contribution in [3.05, 3.63) is 11.9 Å². The molecule has 4 heteroatoms. The fraction of sp³-hybridized carbons (Fsp3) is 0.714. The third-order valence-electron chi connectivity index (χ3n) is 3.35. The fourth-order valence-electron chi connectivity index (χ4n) is 2.31. The lowest BCUT2D eigenvalue weighted by molar-refractivity contribution is 0.175. The van der Waals surface area contributed by atoms with E-state index in [2.05, 4.69) is 23.8 Å². The van der Waals surface area contributed by atoms with Gasteiger partial charge in [-0.1, -0.05) is 26.7 Å². The summed E-state index contributed by atoms with van der Waals surface area (Å²) in [6, 6.07) is 1.73. The van der Waals surface area contributed by atoms with Crippen LogP contribution in [0.3, 0.4) is 0 Å². The third-order valence-corrected chi connectivity index (χ3v) is 3.35. The zero-order valence-corrected chi connectivity index (χ0v) is 11.4. The molecule has 100 valence electrons. The van der Waals surface area contributed by atoms with Gasteiger partial charge in [0.05, 0.1) is 0 Å². The van der Waals surface area contributed by atoms with E-state index >= 15 is 0 Å². The molecule has 1 aliphatic carbocycles. The van der Waals surface area contributed by atoms with Crippen LogP contribution in [0, 0.1) is 0 Å². The first-order chi connectivity index (χ1) is 8.65. The Kier molecular flexibility index (Phi) is 4.39. The summed E-state index contributed by atoms with van der Waals surface area (Å²) in [5, 5.41) is 0. The highest BCUT2D eigenvalue weighted by Crippen LogP contribution is 2.23. The molecule has 0 spiro atoms. The van der Waals surface area contributed by atoms with E-state index in [-0.39, 0.29) is 5.92 Å². The molecule has 18 heavy (non-hydrogen) atoms. The number of nitrogen functional groups attached to an aromatic ring is 1. The van der Waals surface area contributed by atoms with Crippen LogP contribution in [-0.2, 0) is 0 Å². The summed E-state index contributed by atoms with van der Waals surface area (Å²) in [7, 11) is 0. The van der Waals surface area contributed by atoms with E-state index in [0.717, 1.165) is 18.7 Å². The molecule has 0 aromatic carbocycles. The van der Waals surface area contributed by atoms with Gasteiger partial charge in [-0.05, 0) is 25.7 Å². The molecule has 0 aliphatic heterocycles. The lowest BCUT2D eigenvalue weighted by atomic mass is 10.1. The molecule has 4 nitrogen and oxygen atoms in total. The lowest BCUT2D eigenvalue weighted by Crippen LogP contribution is -2.17. The minimum absolute atomic E-state index is 0.269. The number of nitrogens with two attached hydrogens (primary N) is 1. The molecule has 0 bridgehead atoms. The summed E-state index contributed by atoms with van der Waals surface area (Å²) < 4.78 is 5.98. The van der Waals surface area contributed by atoms with Gasteiger partial charge in [0.1, 0.15) is 17.7 Å². The van der Waals surface area contributed by atoms with Crippen molar-refractivity contribution in [3.63, 3.8) is 0 Å². The number of hydrogen-bond acceptors (Lipinski definition) is 4. The quantitative estimate of drug-likeness (QED) is 0.835. The topological polar surface area (TPSA) is 61.0 Å². The van der Waals surface area contributed by atoms with Crippen LogP contribution >= 0.6 is 0 Å². The molecule has 1 aromatic rings. The van der Waals surface area contributed by atoms with E-state index in [9.17, 15) is 0 Å². The monoisotopic (exact) mass is 249 g/mol. The standard InChI is InChI=1S/C14H23N3O/c1-10(2)14-16-12(15)9-13(17-14)18-11-7-5-3-4-6-8-11/h9-11H,3-8H2,1-2H3,(H2,15,16,17). The molecule has 0 unspecified atom stereocenters. The minimum Gasteiger partial charge on any atom is -0.474 e. The van der Waals surface area contributed by atoms with Crippen LogP contribution in [0.1, 0.15) is 64.1 Å². The normalized spacial score (nSPS) is 17.7. The first-order valence-corrected chi connectivity index (χ1v) is 6.96. The van der Waals surface area contributed by atoms with Crippen LogP contribution < -0.4 is 10.5 Å². The van der Waals surface area contributed by atoms with Crippen molar-refractivity contribution in [1.29, 1.82) is 0 Å². The van der Waals surface area contributed by atoms with Gasteiger partial charge < -0.3 is 10.5 Å². The van der Waals surface area contributed by atoms with E-state index in [0.29, 0.717) is 17.8 Å². The molecule has 1 saturated carbocycles. The average molecular weight is 249 g/mol. The van der Waals surface area contributed by atoms with Crippen molar-refractivity contribution in [2.75, 3.05) is 5.73 Å². The molecular formula is C14H23N3O. The van der Waals surface area contributed by atoms with Gasteiger partial charge >= 0.3 is 0 Å². The third kappa shape index (κ3) is 3.59. The van der Waals surface area contributed by atoms with Gasteiger partial charge in [-0.2, -0.15) is 4.98 Å². The highest BCUT2D eigenvalue weighted by atomic mass is 16.5. The van der Waals surface area contributed by atoms with E-state index in [1.54, 1.807) is 6.07 Å². The van der Waals surface area contributed by atoms with Crippen LogP contribution in [0.5, 0.6) is 5.88 Å². The number of rotatable bonds is 3. The van der Waals surface area contributed by atoms with Gasteiger partial charge in [0.25, 0.3) is 0 Å². The zero-order valence-electron chi connectivity index (χ0n) is 11.4. The van der Waals surface area contributed by atoms with Crippen molar-refractivity contribution < 1.29 is 4.74 Å². The first kappa shape index (κ1) is 13.1. The Labute approximate surface area is 109 Å².